The first-order chi connectivity index (χ1) is 17.5. The summed E-state index contributed by atoms with van der Waals surface area (Å²) in [7, 11) is -2.81. The van der Waals surface area contributed by atoms with Gasteiger partial charge in [-0.1, -0.05) is 12.1 Å². The number of carbonyl (C=O) groups is 1. The van der Waals surface area contributed by atoms with Crippen LogP contribution in [0.25, 0.3) is 0 Å². The molecule has 1 aromatic heterocycles. The highest BCUT2D eigenvalue weighted by molar-refractivity contribution is 7.70. The molecule has 0 unspecified atom stereocenters. The van der Waals surface area contributed by atoms with E-state index in [1.807, 2.05) is 0 Å². The van der Waals surface area contributed by atoms with Crippen LogP contribution in [0.15, 0.2) is 42.6 Å². The van der Waals surface area contributed by atoms with Gasteiger partial charge in [-0.2, -0.15) is 18.2 Å². The van der Waals surface area contributed by atoms with E-state index in [0.29, 0.717) is 53.7 Å². The Morgan fingerprint density at radius 1 is 1.14 bits per heavy atom. The van der Waals surface area contributed by atoms with Crippen LogP contribution in [-0.2, 0) is 22.0 Å². The molecular formula is C24H25F3N5O4P. The van der Waals surface area contributed by atoms with Gasteiger partial charge in [-0.15, -0.1) is 0 Å². The predicted molar refractivity (Wildman–Crippen MR) is 134 cm³/mol. The fraction of sp³-hybridized carbons (Fsp3) is 0.292. The summed E-state index contributed by atoms with van der Waals surface area (Å²) in [6, 6.07) is 9.54. The number of hydrogen-bond donors (Lipinski definition) is 3. The van der Waals surface area contributed by atoms with E-state index in [4.69, 9.17) is 9.57 Å². The molecule has 2 aromatic carbocycles. The van der Waals surface area contributed by atoms with Gasteiger partial charge in [-0.25, -0.2) is 10.5 Å². The lowest BCUT2D eigenvalue weighted by Gasteiger charge is -2.18. The first-order valence-electron chi connectivity index (χ1n) is 11.3. The van der Waals surface area contributed by atoms with Gasteiger partial charge >= 0.3 is 6.18 Å². The minimum Gasteiger partial charge on any atom is -0.491 e. The Morgan fingerprint density at radius 3 is 2.59 bits per heavy atom. The van der Waals surface area contributed by atoms with E-state index in [0.717, 1.165) is 0 Å². The van der Waals surface area contributed by atoms with Crippen molar-refractivity contribution in [2.45, 2.75) is 19.5 Å². The minimum absolute atomic E-state index is 0.131. The van der Waals surface area contributed by atoms with E-state index in [1.165, 1.54) is 19.4 Å². The topological polar surface area (TPSA) is 114 Å². The smallest absolute Gasteiger partial charge is 0.421 e. The quantitative estimate of drug-likeness (QED) is 0.277. The number of amides is 1. The first-order valence-corrected chi connectivity index (χ1v) is 13.9. The average Bonchev–Trinajstić information content (AvgIpc) is 3.32. The zero-order valence-corrected chi connectivity index (χ0v) is 21.2. The van der Waals surface area contributed by atoms with Crippen LogP contribution >= 0.6 is 7.14 Å². The zero-order valence-electron chi connectivity index (χ0n) is 20.3. The molecule has 4 rings (SSSR count). The minimum atomic E-state index is -4.74. The lowest BCUT2D eigenvalue weighted by Crippen LogP contribution is -2.24. The van der Waals surface area contributed by atoms with Crippen LogP contribution in [0.2, 0.25) is 0 Å². The van der Waals surface area contributed by atoms with Crippen LogP contribution in [0, 0.1) is 0 Å². The number of para-hydroxylation sites is 1. The molecule has 0 aliphatic carbocycles. The SMILES string of the molecule is CCONC(=O)c1ccc(Nc2ncc(C(F)(F)F)c(Nc3ccccc3P(C)(C)=O)n2)c2c1CCO2. The first kappa shape index (κ1) is 26.4. The zero-order chi connectivity index (χ0) is 26.8. The molecular weight excluding hydrogens is 510 g/mol. The molecule has 0 radical (unpaired) electrons. The van der Waals surface area contributed by atoms with E-state index in [2.05, 4.69) is 26.1 Å². The number of nitrogens with zero attached hydrogens (tertiary/aromatic N) is 2. The predicted octanol–water partition coefficient (Wildman–Crippen LogP) is 4.85. The maximum atomic E-state index is 13.8. The van der Waals surface area contributed by atoms with Crippen LogP contribution in [0.1, 0.15) is 28.4 Å². The van der Waals surface area contributed by atoms with Crippen LogP contribution in [-0.4, -0.2) is 42.4 Å². The van der Waals surface area contributed by atoms with Crippen LogP contribution in [0.5, 0.6) is 5.75 Å². The number of nitrogens with one attached hydrogen (secondary N) is 3. The second kappa shape index (κ2) is 10.4. The molecule has 13 heteroatoms. The Morgan fingerprint density at radius 2 is 1.89 bits per heavy atom. The molecule has 0 spiro atoms. The van der Waals surface area contributed by atoms with Gasteiger partial charge in [0.2, 0.25) is 5.95 Å². The normalized spacial score (nSPS) is 13.0. The Labute approximate surface area is 211 Å². The molecule has 2 heterocycles. The number of carbonyl (C=O) groups excluding carboxylic acids is 1. The largest absolute Gasteiger partial charge is 0.491 e. The summed E-state index contributed by atoms with van der Waals surface area (Å²) in [6.45, 7) is 5.42. The van der Waals surface area contributed by atoms with Crippen molar-refractivity contribution < 1.29 is 32.1 Å². The number of fused-ring (bicyclic) bond motifs is 1. The number of hydrogen-bond acceptors (Lipinski definition) is 8. The highest BCUT2D eigenvalue weighted by atomic mass is 31.2. The van der Waals surface area contributed by atoms with Crippen molar-refractivity contribution in [3.8, 4) is 5.75 Å². The molecule has 1 aliphatic rings. The summed E-state index contributed by atoms with van der Waals surface area (Å²) < 4.78 is 59.7. The van der Waals surface area contributed by atoms with Crippen molar-refractivity contribution in [1.82, 2.24) is 15.4 Å². The molecule has 3 N–H and O–H groups in total. The number of alkyl halides is 3. The van der Waals surface area contributed by atoms with Crippen LogP contribution in [0.3, 0.4) is 0 Å². The lowest BCUT2D eigenvalue weighted by molar-refractivity contribution is -0.137. The average molecular weight is 535 g/mol. The third-order valence-electron chi connectivity index (χ3n) is 5.49. The third kappa shape index (κ3) is 5.86. The lowest BCUT2D eigenvalue weighted by atomic mass is 10.0. The fourth-order valence-electron chi connectivity index (χ4n) is 3.84. The van der Waals surface area contributed by atoms with E-state index in [-0.39, 0.29) is 11.6 Å². The molecule has 3 aromatic rings. The number of halogens is 3. The summed E-state index contributed by atoms with van der Waals surface area (Å²) in [5, 5.41) is 5.98. The Balaban J connectivity index is 1.70. The molecule has 0 fully saturated rings. The summed E-state index contributed by atoms with van der Waals surface area (Å²) in [6.07, 6.45) is -3.61. The molecule has 0 saturated heterocycles. The number of benzene rings is 2. The molecule has 9 nitrogen and oxygen atoms in total. The summed E-state index contributed by atoms with van der Waals surface area (Å²) in [5.41, 5.74) is 2.88. The van der Waals surface area contributed by atoms with Crippen molar-refractivity contribution in [3.63, 3.8) is 0 Å². The number of anilines is 4. The van der Waals surface area contributed by atoms with Crippen molar-refractivity contribution in [3.05, 3.63) is 59.3 Å². The molecule has 1 aliphatic heterocycles. The maximum absolute atomic E-state index is 13.8. The second-order valence-corrected chi connectivity index (χ2v) is 11.7. The van der Waals surface area contributed by atoms with Gasteiger partial charge in [0.15, 0.2) is 0 Å². The van der Waals surface area contributed by atoms with Gasteiger partial charge in [-0.3, -0.25) is 9.63 Å². The molecule has 1 amide bonds. The number of rotatable bonds is 8. The number of hydroxylamine groups is 1. The summed E-state index contributed by atoms with van der Waals surface area (Å²) >= 11 is 0. The number of ether oxygens (including phenoxy) is 1. The number of aromatic nitrogens is 2. The molecule has 0 atom stereocenters. The van der Waals surface area contributed by atoms with E-state index < -0.39 is 30.6 Å². The second-order valence-electron chi connectivity index (χ2n) is 8.50. The van der Waals surface area contributed by atoms with Crippen molar-refractivity contribution in [2.75, 3.05) is 37.2 Å². The molecule has 196 valence electrons. The highest BCUT2D eigenvalue weighted by Gasteiger charge is 2.36. The third-order valence-corrected chi connectivity index (χ3v) is 7.04. The monoisotopic (exact) mass is 535 g/mol. The molecule has 0 saturated carbocycles. The summed E-state index contributed by atoms with van der Waals surface area (Å²) in [4.78, 5) is 25.3. The van der Waals surface area contributed by atoms with E-state index >= 15 is 0 Å². The fourth-order valence-corrected chi connectivity index (χ4v) is 5.00. The maximum Gasteiger partial charge on any atom is 0.421 e. The van der Waals surface area contributed by atoms with Gasteiger partial charge in [0, 0.05) is 29.0 Å². The van der Waals surface area contributed by atoms with E-state index in [9.17, 15) is 22.5 Å². The highest BCUT2D eigenvalue weighted by Crippen LogP contribution is 2.41. The van der Waals surface area contributed by atoms with Gasteiger partial charge in [0.05, 0.1) is 24.6 Å². The van der Waals surface area contributed by atoms with Crippen LogP contribution < -0.4 is 26.2 Å². The van der Waals surface area contributed by atoms with E-state index in [1.54, 1.807) is 37.3 Å². The van der Waals surface area contributed by atoms with Crippen molar-refractivity contribution >= 4 is 41.5 Å². The van der Waals surface area contributed by atoms with Gasteiger partial charge < -0.3 is 19.9 Å². The van der Waals surface area contributed by atoms with Crippen LogP contribution in [0.4, 0.5) is 36.3 Å². The summed E-state index contributed by atoms with van der Waals surface area (Å²) in [5.74, 6) is -0.690. The Hall–Kier alpha value is -3.63. The van der Waals surface area contributed by atoms with Gasteiger partial charge in [0.25, 0.3) is 5.91 Å². The van der Waals surface area contributed by atoms with Gasteiger partial charge in [-0.05, 0) is 44.5 Å². The van der Waals surface area contributed by atoms with Gasteiger partial charge in [0.1, 0.15) is 24.3 Å². The van der Waals surface area contributed by atoms with Crippen molar-refractivity contribution in [2.24, 2.45) is 0 Å². The Kier molecular flexibility index (Phi) is 7.42. The standard InChI is InChI=1S/C24H25F3N5O4P/c1-4-36-32-22(33)15-9-10-18(20-14(15)11-12-35-20)30-23-28-13-16(24(25,26)27)21(31-23)29-17-7-5-6-8-19(17)37(2,3)34/h5-10,13H,4,11-12H2,1-3H3,(H,32,33)(H2,28,29,30,31). The Bertz CT molecular complexity index is 1380. The molecule has 0 bridgehead atoms. The molecule has 37 heavy (non-hydrogen) atoms. The van der Waals surface area contributed by atoms with Crippen molar-refractivity contribution in [1.29, 1.82) is 0 Å².